The van der Waals surface area contributed by atoms with Crippen LogP contribution in [0.5, 0.6) is 17.2 Å². The van der Waals surface area contributed by atoms with Crippen LogP contribution in [0, 0.1) is 23.7 Å². The Morgan fingerprint density at radius 2 is 1.76 bits per heavy atom. The number of imide groups is 1. The average Bonchev–Trinajstić information content (AvgIpc) is 3.61. The quantitative estimate of drug-likeness (QED) is 0.375. The molecule has 174 valence electrons. The Bertz CT molecular complexity index is 1210. The number of hydrazone groups is 1. The normalized spacial score (nSPS) is 26.1. The van der Waals surface area contributed by atoms with Gasteiger partial charge in [-0.3, -0.25) is 9.59 Å². The zero-order valence-corrected chi connectivity index (χ0v) is 19.0. The van der Waals surface area contributed by atoms with Gasteiger partial charge < -0.3 is 19.1 Å². The first-order valence-corrected chi connectivity index (χ1v) is 11.4. The van der Waals surface area contributed by atoms with Crippen molar-refractivity contribution in [2.75, 3.05) is 25.8 Å². The number of rotatable bonds is 6. The van der Waals surface area contributed by atoms with Crippen molar-refractivity contribution in [3.63, 3.8) is 0 Å². The first-order valence-electron chi connectivity index (χ1n) is 11.4. The van der Waals surface area contributed by atoms with Crippen molar-refractivity contribution in [2.45, 2.75) is 13.0 Å². The zero-order chi connectivity index (χ0) is 23.4. The molecular weight excluding hydrogens is 434 g/mol. The van der Waals surface area contributed by atoms with E-state index in [1.807, 2.05) is 55.4 Å². The van der Waals surface area contributed by atoms with E-state index in [0.717, 1.165) is 28.4 Å². The van der Waals surface area contributed by atoms with Gasteiger partial charge >= 0.3 is 0 Å². The number of carbonyl (C=O) groups excluding carboxylic acids is 2. The molecule has 8 nitrogen and oxygen atoms in total. The molecule has 2 aromatic carbocycles. The van der Waals surface area contributed by atoms with Crippen LogP contribution in [0.15, 0.2) is 53.7 Å². The maximum atomic E-state index is 12.9. The van der Waals surface area contributed by atoms with Gasteiger partial charge in [-0.05, 0) is 48.1 Å². The molecule has 0 unspecified atom stereocenters. The van der Waals surface area contributed by atoms with Gasteiger partial charge in [0, 0.05) is 31.4 Å². The summed E-state index contributed by atoms with van der Waals surface area (Å²) in [5, 5.41) is 5.38. The Morgan fingerprint density at radius 3 is 2.50 bits per heavy atom. The van der Waals surface area contributed by atoms with Crippen LogP contribution >= 0.6 is 0 Å². The number of amides is 2. The molecule has 2 aliphatic heterocycles. The van der Waals surface area contributed by atoms with Crippen LogP contribution in [-0.4, -0.2) is 43.9 Å². The van der Waals surface area contributed by atoms with Crippen molar-refractivity contribution in [3.05, 3.63) is 59.7 Å². The highest BCUT2D eigenvalue weighted by atomic mass is 16.7. The fourth-order valence-corrected chi connectivity index (χ4v) is 5.35. The number of carbonyl (C=O) groups is 2. The minimum Gasteiger partial charge on any atom is -0.488 e. The molecule has 0 spiro atoms. The molecule has 2 amide bonds. The van der Waals surface area contributed by atoms with Crippen LogP contribution in [0.4, 0.5) is 5.69 Å². The van der Waals surface area contributed by atoms with E-state index in [2.05, 4.69) is 17.3 Å². The van der Waals surface area contributed by atoms with Crippen molar-refractivity contribution in [2.24, 2.45) is 28.8 Å². The lowest BCUT2D eigenvalue weighted by atomic mass is 9.85. The third kappa shape index (κ3) is 3.32. The highest BCUT2D eigenvalue weighted by Crippen LogP contribution is 2.52. The van der Waals surface area contributed by atoms with E-state index in [0.29, 0.717) is 23.7 Å². The van der Waals surface area contributed by atoms with E-state index >= 15 is 0 Å². The van der Waals surface area contributed by atoms with Gasteiger partial charge in [-0.25, -0.2) is 0 Å². The molecule has 0 aromatic heterocycles. The summed E-state index contributed by atoms with van der Waals surface area (Å²) in [6.45, 7) is 0.535. The van der Waals surface area contributed by atoms with Crippen molar-refractivity contribution in [1.29, 1.82) is 0 Å². The molecular formula is C26H25N3O5. The number of anilines is 1. The number of nitrogens with zero attached hydrogens (tertiary/aromatic N) is 3. The summed E-state index contributed by atoms with van der Waals surface area (Å²) in [7, 11) is 3.90. The van der Waals surface area contributed by atoms with E-state index in [9.17, 15) is 9.59 Å². The van der Waals surface area contributed by atoms with Crippen molar-refractivity contribution < 1.29 is 23.8 Å². The van der Waals surface area contributed by atoms with Crippen LogP contribution in [0.3, 0.4) is 0 Å². The van der Waals surface area contributed by atoms with Crippen molar-refractivity contribution >= 4 is 23.7 Å². The van der Waals surface area contributed by atoms with Crippen LogP contribution in [-0.2, 0) is 16.2 Å². The van der Waals surface area contributed by atoms with E-state index < -0.39 is 0 Å². The second kappa shape index (κ2) is 7.90. The summed E-state index contributed by atoms with van der Waals surface area (Å²) >= 11 is 0. The minimum absolute atomic E-state index is 0.159. The van der Waals surface area contributed by atoms with Crippen molar-refractivity contribution in [1.82, 2.24) is 5.01 Å². The number of fused-ring (bicyclic) bond motifs is 6. The molecule has 34 heavy (non-hydrogen) atoms. The average molecular weight is 460 g/mol. The first-order chi connectivity index (χ1) is 16.5. The summed E-state index contributed by atoms with van der Waals surface area (Å²) in [5.41, 5.74) is 2.58. The Morgan fingerprint density at radius 1 is 1.03 bits per heavy atom. The third-order valence-electron chi connectivity index (χ3n) is 7.10. The molecule has 2 heterocycles. The van der Waals surface area contributed by atoms with Crippen molar-refractivity contribution in [3.8, 4) is 17.2 Å². The fourth-order valence-electron chi connectivity index (χ4n) is 5.35. The van der Waals surface area contributed by atoms with Gasteiger partial charge in [0.15, 0.2) is 11.5 Å². The molecule has 2 aliphatic carbocycles. The third-order valence-corrected chi connectivity index (χ3v) is 7.10. The SMILES string of the molecule is CN(C)c1ccc(C=NN2C(=O)[C@@H]3[C@H](C2=O)[C@H]2C=C[C@H]3C2)c(OCc2ccc3c(c2)OCO3)c1. The molecule has 8 heteroatoms. The van der Waals surface area contributed by atoms with E-state index in [1.165, 1.54) is 0 Å². The first kappa shape index (κ1) is 20.8. The van der Waals surface area contributed by atoms with Gasteiger partial charge in [0.05, 0.1) is 18.1 Å². The second-order valence-corrected chi connectivity index (χ2v) is 9.33. The van der Waals surface area contributed by atoms with Gasteiger partial charge in [-0.1, -0.05) is 18.2 Å². The van der Waals surface area contributed by atoms with Gasteiger partial charge in [0.1, 0.15) is 12.4 Å². The highest BCUT2D eigenvalue weighted by molar-refractivity contribution is 6.07. The summed E-state index contributed by atoms with van der Waals surface area (Å²) in [6, 6.07) is 11.4. The van der Waals surface area contributed by atoms with Gasteiger partial charge in [0.2, 0.25) is 6.79 Å². The summed E-state index contributed by atoms with van der Waals surface area (Å²) < 4.78 is 17.0. The van der Waals surface area contributed by atoms with Crippen LogP contribution in [0.1, 0.15) is 17.5 Å². The molecule has 1 saturated carbocycles. The number of hydrogen-bond donors (Lipinski definition) is 0. The zero-order valence-electron chi connectivity index (χ0n) is 19.0. The highest BCUT2D eigenvalue weighted by Gasteiger charge is 2.59. The van der Waals surface area contributed by atoms with E-state index in [4.69, 9.17) is 14.2 Å². The lowest BCUT2D eigenvalue weighted by Gasteiger charge is -2.17. The number of benzene rings is 2. The maximum absolute atomic E-state index is 12.9. The Hall–Kier alpha value is -3.81. The van der Waals surface area contributed by atoms with E-state index in [1.54, 1.807) is 6.21 Å². The predicted molar refractivity (Wildman–Crippen MR) is 125 cm³/mol. The minimum atomic E-state index is -0.266. The summed E-state index contributed by atoms with van der Waals surface area (Å²) in [5.74, 6) is 1.41. The molecule has 0 radical (unpaired) electrons. The van der Waals surface area contributed by atoms with E-state index in [-0.39, 0.29) is 42.3 Å². The van der Waals surface area contributed by atoms with Crippen LogP contribution in [0.25, 0.3) is 0 Å². The molecule has 2 bridgehead atoms. The second-order valence-electron chi connectivity index (χ2n) is 9.33. The topological polar surface area (TPSA) is 80.7 Å². The Kier molecular flexibility index (Phi) is 4.83. The molecule has 4 aliphatic rings. The lowest BCUT2D eigenvalue weighted by Crippen LogP contribution is -2.28. The molecule has 0 N–H and O–H groups in total. The summed E-state index contributed by atoms with van der Waals surface area (Å²) in [6.07, 6.45) is 6.59. The molecule has 6 rings (SSSR count). The monoisotopic (exact) mass is 459 g/mol. The number of allylic oxidation sites excluding steroid dienone is 2. The maximum Gasteiger partial charge on any atom is 0.254 e. The molecule has 4 atom stereocenters. The number of hydrogen-bond acceptors (Lipinski definition) is 7. The summed E-state index contributed by atoms with van der Waals surface area (Å²) in [4.78, 5) is 27.9. The van der Waals surface area contributed by atoms with Gasteiger partial charge in [-0.15, -0.1) is 0 Å². The van der Waals surface area contributed by atoms with Gasteiger partial charge in [-0.2, -0.15) is 10.1 Å². The predicted octanol–water partition coefficient (Wildman–Crippen LogP) is 3.20. The smallest absolute Gasteiger partial charge is 0.254 e. The Labute approximate surface area is 197 Å². The lowest BCUT2D eigenvalue weighted by molar-refractivity contribution is -0.140. The van der Waals surface area contributed by atoms with Gasteiger partial charge in [0.25, 0.3) is 11.8 Å². The molecule has 2 fully saturated rings. The molecule has 2 aromatic rings. The standard InChI is InChI=1S/C26H25N3O5/c1-28(2)19-7-6-18(21(11-19)32-13-15-3-8-20-22(9-15)34-14-33-20)12-27-29-25(30)23-16-4-5-17(10-16)24(23)26(29)31/h3-9,11-12,16-17,23-24H,10,13-14H2,1-2H3/t16-,17-,23-,24+/m0/s1. The fraction of sp³-hybridized carbons (Fsp3) is 0.346. The molecule has 1 saturated heterocycles. The number of ether oxygens (including phenoxy) is 3. The van der Waals surface area contributed by atoms with Crippen LogP contribution < -0.4 is 19.1 Å². The Balaban J connectivity index is 1.24. The largest absolute Gasteiger partial charge is 0.488 e. The van der Waals surface area contributed by atoms with Crippen LogP contribution in [0.2, 0.25) is 0 Å².